The summed E-state index contributed by atoms with van der Waals surface area (Å²) < 4.78 is 0. The molecule has 0 aliphatic rings. The number of aliphatic hydroxyl groups is 1. The van der Waals surface area contributed by atoms with Gasteiger partial charge in [-0.25, -0.2) is 0 Å². The Kier molecular flexibility index (Phi) is 6.99. The third-order valence-corrected chi connectivity index (χ3v) is 3.51. The third-order valence-electron chi connectivity index (χ3n) is 3.26. The van der Waals surface area contributed by atoms with Crippen LogP contribution in [-0.2, 0) is 4.79 Å². The number of halogens is 1. The first-order valence-electron chi connectivity index (χ1n) is 6.87. The zero-order valence-corrected chi connectivity index (χ0v) is 13.1. The zero-order valence-electron chi connectivity index (χ0n) is 12.3. The average molecular weight is 299 g/mol. The molecule has 0 aliphatic carbocycles. The van der Waals surface area contributed by atoms with Crippen molar-refractivity contribution in [1.29, 1.82) is 0 Å². The highest BCUT2D eigenvalue weighted by Crippen LogP contribution is 2.17. The highest BCUT2D eigenvalue weighted by atomic mass is 35.5. The van der Waals surface area contributed by atoms with E-state index >= 15 is 0 Å². The van der Waals surface area contributed by atoms with E-state index < -0.39 is 6.10 Å². The highest BCUT2D eigenvalue weighted by molar-refractivity contribution is 6.30. The van der Waals surface area contributed by atoms with Gasteiger partial charge >= 0.3 is 0 Å². The van der Waals surface area contributed by atoms with Crippen molar-refractivity contribution in [2.24, 2.45) is 0 Å². The van der Waals surface area contributed by atoms with Crippen LogP contribution >= 0.6 is 11.6 Å². The molecule has 1 amide bonds. The molecule has 0 heterocycles. The van der Waals surface area contributed by atoms with Crippen LogP contribution in [0.3, 0.4) is 0 Å². The fraction of sp³-hybridized carbons (Fsp3) is 0.533. The van der Waals surface area contributed by atoms with E-state index in [1.54, 1.807) is 29.2 Å². The number of likely N-dealkylation sites (N-methyl/N-ethyl adjacent to an activating group) is 2. The van der Waals surface area contributed by atoms with Crippen LogP contribution < -0.4 is 0 Å². The first kappa shape index (κ1) is 17.0. The van der Waals surface area contributed by atoms with E-state index in [1.165, 1.54) is 0 Å². The average Bonchev–Trinajstić information content (AvgIpc) is 2.40. The summed E-state index contributed by atoms with van der Waals surface area (Å²) in [5.41, 5.74) is 0.802. The van der Waals surface area contributed by atoms with E-state index in [4.69, 9.17) is 11.6 Å². The number of nitrogens with zero attached hydrogens (tertiary/aromatic N) is 2. The summed E-state index contributed by atoms with van der Waals surface area (Å²) >= 11 is 5.82. The molecule has 20 heavy (non-hydrogen) atoms. The lowest BCUT2D eigenvalue weighted by Crippen LogP contribution is -2.40. The largest absolute Gasteiger partial charge is 0.387 e. The van der Waals surface area contributed by atoms with Crippen LogP contribution in [0.5, 0.6) is 0 Å². The van der Waals surface area contributed by atoms with Crippen molar-refractivity contribution in [2.45, 2.75) is 20.0 Å². The predicted molar refractivity (Wildman–Crippen MR) is 81.8 cm³/mol. The molecule has 0 saturated heterocycles. The standard InChI is InChI=1S/C15H23ClN2O2/c1-4-18(5-2)15(20)11-17(3)10-14(19)12-6-8-13(16)9-7-12/h6-9,14,19H,4-5,10-11H2,1-3H3. The molecular weight excluding hydrogens is 276 g/mol. The Balaban J connectivity index is 2.51. The molecule has 112 valence electrons. The Morgan fingerprint density at radius 3 is 2.30 bits per heavy atom. The number of aliphatic hydroxyl groups excluding tert-OH is 1. The minimum absolute atomic E-state index is 0.0841. The minimum atomic E-state index is -0.623. The van der Waals surface area contributed by atoms with Crippen LogP contribution in [0.4, 0.5) is 0 Å². The van der Waals surface area contributed by atoms with E-state index in [-0.39, 0.29) is 5.91 Å². The minimum Gasteiger partial charge on any atom is -0.387 e. The van der Waals surface area contributed by atoms with Crippen LogP contribution in [0.15, 0.2) is 24.3 Å². The molecule has 1 rings (SSSR count). The molecule has 1 aromatic rings. The predicted octanol–water partition coefficient (Wildman–Crippen LogP) is 2.17. The van der Waals surface area contributed by atoms with Gasteiger partial charge in [-0.1, -0.05) is 23.7 Å². The molecule has 4 nitrogen and oxygen atoms in total. The SMILES string of the molecule is CCN(CC)C(=O)CN(C)CC(O)c1ccc(Cl)cc1. The number of carbonyl (C=O) groups excluding carboxylic acids is 1. The number of carbonyl (C=O) groups is 1. The molecule has 0 radical (unpaired) electrons. The van der Waals surface area contributed by atoms with Crippen LogP contribution in [0, 0.1) is 0 Å². The number of benzene rings is 1. The summed E-state index contributed by atoms with van der Waals surface area (Å²) in [5, 5.41) is 10.8. The summed E-state index contributed by atoms with van der Waals surface area (Å²) in [4.78, 5) is 15.6. The van der Waals surface area contributed by atoms with Crippen molar-refractivity contribution in [1.82, 2.24) is 9.80 Å². The lowest BCUT2D eigenvalue weighted by atomic mass is 10.1. The number of hydrogen-bond acceptors (Lipinski definition) is 3. The van der Waals surface area contributed by atoms with Gasteiger partial charge in [-0.2, -0.15) is 0 Å². The monoisotopic (exact) mass is 298 g/mol. The van der Waals surface area contributed by atoms with Crippen molar-refractivity contribution >= 4 is 17.5 Å². The van der Waals surface area contributed by atoms with Crippen molar-refractivity contribution in [3.8, 4) is 0 Å². The molecule has 0 bridgehead atoms. The molecular formula is C15H23ClN2O2. The molecule has 1 atom stereocenters. The molecule has 0 saturated carbocycles. The topological polar surface area (TPSA) is 43.8 Å². The Morgan fingerprint density at radius 1 is 1.25 bits per heavy atom. The van der Waals surface area contributed by atoms with E-state index in [2.05, 4.69) is 0 Å². The fourth-order valence-electron chi connectivity index (χ4n) is 2.06. The second kappa shape index (κ2) is 8.25. The summed E-state index contributed by atoms with van der Waals surface area (Å²) in [6, 6.07) is 7.10. The number of amides is 1. The molecule has 0 spiro atoms. The quantitative estimate of drug-likeness (QED) is 0.839. The Hall–Kier alpha value is -1.10. The lowest BCUT2D eigenvalue weighted by molar-refractivity contribution is -0.132. The number of hydrogen-bond donors (Lipinski definition) is 1. The second-order valence-corrected chi connectivity index (χ2v) is 5.27. The second-order valence-electron chi connectivity index (χ2n) is 4.83. The van der Waals surface area contributed by atoms with Gasteiger partial charge in [0.05, 0.1) is 12.6 Å². The molecule has 1 unspecified atom stereocenters. The van der Waals surface area contributed by atoms with Crippen LogP contribution in [0.2, 0.25) is 5.02 Å². The molecule has 0 aliphatic heterocycles. The van der Waals surface area contributed by atoms with Gasteiger partial charge in [0.1, 0.15) is 0 Å². The van der Waals surface area contributed by atoms with Crippen molar-refractivity contribution in [2.75, 3.05) is 33.2 Å². The zero-order chi connectivity index (χ0) is 15.1. The first-order chi connectivity index (χ1) is 9.47. The van der Waals surface area contributed by atoms with Crippen molar-refractivity contribution < 1.29 is 9.90 Å². The van der Waals surface area contributed by atoms with E-state index in [9.17, 15) is 9.90 Å². The van der Waals surface area contributed by atoms with E-state index in [0.717, 1.165) is 5.56 Å². The van der Waals surface area contributed by atoms with Crippen molar-refractivity contribution in [3.63, 3.8) is 0 Å². The third kappa shape index (κ3) is 5.12. The van der Waals surface area contributed by atoms with Gasteiger partial charge in [-0.05, 0) is 38.6 Å². The maximum atomic E-state index is 12.0. The lowest BCUT2D eigenvalue weighted by Gasteiger charge is -2.24. The van der Waals surface area contributed by atoms with Gasteiger partial charge in [-0.3, -0.25) is 9.69 Å². The van der Waals surface area contributed by atoms with Gasteiger partial charge in [0.15, 0.2) is 0 Å². The Morgan fingerprint density at radius 2 is 1.80 bits per heavy atom. The van der Waals surface area contributed by atoms with Crippen LogP contribution in [-0.4, -0.2) is 54.0 Å². The van der Waals surface area contributed by atoms with Gasteiger partial charge in [-0.15, -0.1) is 0 Å². The summed E-state index contributed by atoms with van der Waals surface area (Å²) in [6.07, 6.45) is -0.623. The molecule has 1 aromatic carbocycles. The molecule has 0 fully saturated rings. The first-order valence-corrected chi connectivity index (χ1v) is 7.25. The molecule has 1 N–H and O–H groups in total. The van der Waals surface area contributed by atoms with Gasteiger partial charge in [0.25, 0.3) is 0 Å². The van der Waals surface area contributed by atoms with E-state index in [1.807, 2.05) is 25.8 Å². The van der Waals surface area contributed by atoms with Crippen LogP contribution in [0.25, 0.3) is 0 Å². The van der Waals surface area contributed by atoms with E-state index in [0.29, 0.717) is 31.2 Å². The van der Waals surface area contributed by atoms with Gasteiger partial charge < -0.3 is 10.0 Å². The van der Waals surface area contributed by atoms with Gasteiger partial charge in [0.2, 0.25) is 5.91 Å². The summed E-state index contributed by atoms with van der Waals surface area (Å²) in [6.45, 7) is 6.07. The molecule has 0 aromatic heterocycles. The molecule has 5 heteroatoms. The maximum Gasteiger partial charge on any atom is 0.236 e. The van der Waals surface area contributed by atoms with Gasteiger partial charge in [0, 0.05) is 24.7 Å². The number of rotatable bonds is 7. The van der Waals surface area contributed by atoms with Crippen molar-refractivity contribution in [3.05, 3.63) is 34.9 Å². The fourth-order valence-corrected chi connectivity index (χ4v) is 2.18. The summed E-state index contributed by atoms with van der Waals surface area (Å²) in [5.74, 6) is 0.0841. The highest BCUT2D eigenvalue weighted by Gasteiger charge is 2.15. The Labute approximate surface area is 125 Å². The maximum absolute atomic E-state index is 12.0. The normalized spacial score (nSPS) is 12.5. The van der Waals surface area contributed by atoms with Crippen LogP contribution in [0.1, 0.15) is 25.5 Å². The smallest absolute Gasteiger partial charge is 0.236 e. The Bertz CT molecular complexity index is 418. The summed E-state index contributed by atoms with van der Waals surface area (Å²) in [7, 11) is 1.83.